The van der Waals surface area contributed by atoms with Crippen molar-refractivity contribution >= 4 is 5.78 Å². The highest BCUT2D eigenvalue weighted by Crippen LogP contribution is 2.25. The molecular formula is C20H32O2. The zero-order valence-corrected chi connectivity index (χ0v) is 14.9. The van der Waals surface area contributed by atoms with Crippen molar-refractivity contribution in [2.75, 3.05) is 6.61 Å². The number of aliphatic hydroxyl groups is 1. The Bertz CT molecular complexity index is 460. The third-order valence-corrected chi connectivity index (χ3v) is 3.81. The molecule has 1 aliphatic carbocycles. The number of hydrogen-bond acceptors (Lipinski definition) is 2. The van der Waals surface area contributed by atoms with Crippen LogP contribution in [0.1, 0.15) is 60.3 Å². The van der Waals surface area contributed by atoms with Crippen LogP contribution in [0.15, 0.2) is 47.1 Å². The summed E-state index contributed by atoms with van der Waals surface area (Å²) in [5.74, 6) is 0.676. The summed E-state index contributed by atoms with van der Waals surface area (Å²) in [6.45, 7) is 14.2. The predicted octanol–water partition coefficient (Wildman–Crippen LogP) is 5.16. The Labute approximate surface area is 136 Å². The fraction of sp³-hybridized carbons (Fsp3) is 0.550. The number of rotatable bonds is 5. The van der Waals surface area contributed by atoms with Gasteiger partial charge in [-0.15, -0.1) is 0 Å². The van der Waals surface area contributed by atoms with Crippen LogP contribution >= 0.6 is 0 Å². The monoisotopic (exact) mass is 304 g/mol. The molecule has 1 rings (SSSR count). The zero-order valence-electron chi connectivity index (χ0n) is 14.9. The molecule has 0 saturated carbocycles. The first-order valence-corrected chi connectivity index (χ1v) is 8.03. The van der Waals surface area contributed by atoms with E-state index >= 15 is 0 Å². The second-order valence-electron chi connectivity index (χ2n) is 6.35. The summed E-state index contributed by atoms with van der Waals surface area (Å²) in [6.07, 6.45) is 9.90. The predicted molar refractivity (Wildman–Crippen MR) is 95.8 cm³/mol. The molecular weight excluding hydrogens is 272 g/mol. The minimum absolute atomic E-state index is 0.167. The summed E-state index contributed by atoms with van der Waals surface area (Å²) < 4.78 is 0. The van der Waals surface area contributed by atoms with Gasteiger partial charge in [-0.3, -0.25) is 4.79 Å². The lowest BCUT2D eigenvalue weighted by Crippen LogP contribution is -2.14. The van der Waals surface area contributed by atoms with Gasteiger partial charge in [0.15, 0.2) is 5.78 Å². The molecule has 2 heteroatoms. The summed E-state index contributed by atoms with van der Waals surface area (Å²) in [4.78, 5) is 11.2. The van der Waals surface area contributed by atoms with Crippen LogP contribution in [-0.4, -0.2) is 17.5 Å². The van der Waals surface area contributed by atoms with Crippen molar-refractivity contribution < 1.29 is 9.90 Å². The molecule has 1 N–H and O–H groups in total. The van der Waals surface area contributed by atoms with Gasteiger partial charge in [0.25, 0.3) is 0 Å². The lowest BCUT2D eigenvalue weighted by Gasteiger charge is -2.18. The number of hydrogen-bond donors (Lipinski definition) is 1. The maximum Gasteiger partial charge on any atom is 0.158 e. The van der Waals surface area contributed by atoms with Crippen molar-refractivity contribution in [1.82, 2.24) is 0 Å². The summed E-state index contributed by atoms with van der Waals surface area (Å²) in [5.41, 5.74) is 4.68. The SMILES string of the molecule is C=C(C)C1CC=C(C)C(=O)C1.CC(C)=CCC/C(C)=C/CO. The molecule has 0 amide bonds. The van der Waals surface area contributed by atoms with Crippen LogP contribution in [-0.2, 0) is 4.79 Å². The van der Waals surface area contributed by atoms with E-state index in [1.165, 1.54) is 11.1 Å². The van der Waals surface area contributed by atoms with Crippen LogP contribution in [0.25, 0.3) is 0 Å². The molecule has 1 unspecified atom stereocenters. The zero-order chi connectivity index (χ0) is 17.1. The molecule has 1 aliphatic rings. The van der Waals surface area contributed by atoms with Gasteiger partial charge in [0.1, 0.15) is 0 Å². The van der Waals surface area contributed by atoms with Crippen LogP contribution in [0, 0.1) is 5.92 Å². The van der Waals surface area contributed by atoms with Gasteiger partial charge in [0, 0.05) is 6.42 Å². The average molecular weight is 304 g/mol. The summed E-state index contributed by atoms with van der Waals surface area (Å²) >= 11 is 0. The van der Waals surface area contributed by atoms with Crippen molar-refractivity contribution in [3.8, 4) is 0 Å². The lowest BCUT2D eigenvalue weighted by molar-refractivity contribution is -0.116. The minimum atomic E-state index is 0.167. The van der Waals surface area contributed by atoms with Crippen molar-refractivity contribution in [1.29, 1.82) is 0 Å². The Balaban J connectivity index is 0.000000401. The molecule has 2 nitrogen and oxygen atoms in total. The van der Waals surface area contributed by atoms with Crippen LogP contribution < -0.4 is 0 Å². The highest BCUT2D eigenvalue weighted by atomic mass is 16.2. The molecule has 0 aromatic carbocycles. The lowest BCUT2D eigenvalue weighted by atomic mass is 9.85. The number of Topliss-reactive ketones (excluding diaryl/α,β-unsaturated/α-hetero) is 1. The van der Waals surface area contributed by atoms with Gasteiger partial charge in [-0.1, -0.05) is 41.5 Å². The molecule has 1 atom stereocenters. The number of ketones is 1. The van der Waals surface area contributed by atoms with Gasteiger partial charge in [-0.05, 0) is 65.4 Å². The highest BCUT2D eigenvalue weighted by molar-refractivity contribution is 5.95. The minimum Gasteiger partial charge on any atom is -0.392 e. The van der Waals surface area contributed by atoms with E-state index in [4.69, 9.17) is 5.11 Å². The molecule has 0 bridgehead atoms. The third-order valence-electron chi connectivity index (χ3n) is 3.81. The Kier molecular flexibility index (Phi) is 10.5. The van der Waals surface area contributed by atoms with E-state index in [-0.39, 0.29) is 12.4 Å². The molecule has 0 aromatic rings. The number of carbonyl (C=O) groups excluding carboxylic acids is 1. The van der Waals surface area contributed by atoms with Crippen molar-refractivity contribution in [2.45, 2.75) is 60.3 Å². The van der Waals surface area contributed by atoms with Crippen molar-refractivity contribution in [2.24, 2.45) is 5.92 Å². The largest absolute Gasteiger partial charge is 0.392 e. The smallest absolute Gasteiger partial charge is 0.158 e. The van der Waals surface area contributed by atoms with Gasteiger partial charge in [-0.25, -0.2) is 0 Å². The Morgan fingerprint density at radius 3 is 2.41 bits per heavy atom. The Morgan fingerprint density at radius 1 is 1.32 bits per heavy atom. The standard InChI is InChI=1S/C10H14O.C10H18O/c1-7(2)9-5-4-8(3)10(11)6-9;1-9(2)5-4-6-10(3)7-8-11/h4,9H,1,5-6H2,2-3H3;5,7,11H,4,6,8H2,1-3H3/b;10-7+. The number of aliphatic hydroxyl groups excluding tert-OH is 1. The van der Waals surface area contributed by atoms with Crippen molar-refractivity contribution in [3.05, 3.63) is 47.1 Å². The van der Waals surface area contributed by atoms with Crippen LogP contribution in [0.5, 0.6) is 0 Å². The van der Waals surface area contributed by atoms with Crippen molar-refractivity contribution in [3.63, 3.8) is 0 Å². The van der Waals surface area contributed by atoms with Gasteiger partial charge >= 0.3 is 0 Å². The van der Waals surface area contributed by atoms with Gasteiger partial charge in [0.2, 0.25) is 0 Å². The quantitative estimate of drug-likeness (QED) is 0.712. The fourth-order valence-electron chi connectivity index (χ4n) is 2.12. The van der Waals surface area contributed by atoms with Crippen LogP contribution in [0.3, 0.4) is 0 Å². The van der Waals surface area contributed by atoms with E-state index in [0.717, 1.165) is 30.4 Å². The maximum absolute atomic E-state index is 11.2. The van der Waals surface area contributed by atoms with Gasteiger partial charge < -0.3 is 5.11 Å². The van der Waals surface area contributed by atoms with Gasteiger partial charge in [-0.2, -0.15) is 0 Å². The van der Waals surface area contributed by atoms with E-state index in [9.17, 15) is 4.79 Å². The normalized spacial score (nSPS) is 18.1. The average Bonchev–Trinajstić information content (AvgIpc) is 2.42. The Morgan fingerprint density at radius 2 is 1.95 bits per heavy atom. The molecule has 0 aromatic heterocycles. The molecule has 22 heavy (non-hydrogen) atoms. The molecule has 0 fully saturated rings. The van der Waals surface area contributed by atoms with Gasteiger partial charge in [0.05, 0.1) is 6.61 Å². The number of carbonyl (C=O) groups is 1. The highest BCUT2D eigenvalue weighted by Gasteiger charge is 2.19. The topological polar surface area (TPSA) is 37.3 Å². The first-order chi connectivity index (χ1) is 10.3. The van der Waals surface area contributed by atoms with E-state index in [2.05, 4.69) is 33.4 Å². The van der Waals surface area contributed by atoms with E-state index in [1.807, 2.05) is 26.0 Å². The maximum atomic E-state index is 11.2. The van der Waals surface area contributed by atoms with E-state index in [0.29, 0.717) is 12.3 Å². The molecule has 0 heterocycles. The van der Waals surface area contributed by atoms with Crippen LogP contribution in [0.2, 0.25) is 0 Å². The Hall–Kier alpha value is -1.41. The molecule has 0 radical (unpaired) electrons. The third kappa shape index (κ3) is 9.51. The molecule has 0 aliphatic heterocycles. The molecule has 0 spiro atoms. The first-order valence-electron chi connectivity index (χ1n) is 8.03. The van der Waals surface area contributed by atoms with Crippen LogP contribution in [0.4, 0.5) is 0 Å². The second-order valence-corrected chi connectivity index (χ2v) is 6.35. The fourth-order valence-corrected chi connectivity index (χ4v) is 2.12. The molecule has 124 valence electrons. The molecule has 0 saturated heterocycles. The first kappa shape index (κ1) is 20.6. The summed E-state index contributed by atoms with van der Waals surface area (Å²) in [5, 5.41) is 8.55. The van der Waals surface area contributed by atoms with E-state index < -0.39 is 0 Å². The number of allylic oxidation sites excluding steroid dienone is 6. The summed E-state index contributed by atoms with van der Waals surface area (Å²) in [6, 6.07) is 0. The van der Waals surface area contributed by atoms with E-state index in [1.54, 1.807) is 0 Å². The second kappa shape index (κ2) is 11.2. The summed E-state index contributed by atoms with van der Waals surface area (Å²) in [7, 11) is 0.